The molecule has 9 nitrogen and oxygen atoms in total. The largest absolute Gasteiger partial charge is 0.493 e. The lowest BCUT2D eigenvalue weighted by Gasteiger charge is -2.13. The predicted molar refractivity (Wildman–Crippen MR) is 134 cm³/mol. The topological polar surface area (TPSA) is 123 Å². The van der Waals surface area contributed by atoms with Gasteiger partial charge in [0.25, 0.3) is 11.1 Å². The number of thioether (sulfide) groups is 1. The fourth-order valence-electron chi connectivity index (χ4n) is 3.62. The number of halogens is 3. The van der Waals surface area contributed by atoms with Crippen LogP contribution in [0.2, 0.25) is 0 Å². The van der Waals surface area contributed by atoms with Gasteiger partial charge in [0, 0.05) is 6.07 Å². The molecular formula is C26H16F3N3O6S. The number of nitro benzene ring substituents is 1. The highest BCUT2D eigenvalue weighted by Crippen LogP contribution is 2.41. The maximum absolute atomic E-state index is 13.0. The molecule has 0 unspecified atom stereocenters. The summed E-state index contributed by atoms with van der Waals surface area (Å²) in [5.74, 6) is -0.950. The van der Waals surface area contributed by atoms with Crippen LogP contribution >= 0.6 is 11.8 Å². The first-order valence-corrected chi connectivity index (χ1v) is 11.8. The molecule has 1 saturated heterocycles. The van der Waals surface area contributed by atoms with Crippen LogP contribution in [0.4, 0.5) is 23.7 Å². The van der Waals surface area contributed by atoms with Gasteiger partial charge in [0.15, 0.2) is 11.5 Å². The summed E-state index contributed by atoms with van der Waals surface area (Å²) in [6.45, 7) is -0.0756. The van der Waals surface area contributed by atoms with Gasteiger partial charge in [0.1, 0.15) is 0 Å². The standard InChI is InChI=1S/C26H16F3N3O6S/c1-37-22-10-15(6-8-21(22)38-20-9-7-18(26(27,28)29)12-19(20)32(35)36)11-23-24(33)31(25(34)39-23)14-17-5-3-2-4-16(17)13-30/h2-12H,14H2,1H3/b23-11+. The van der Waals surface area contributed by atoms with Gasteiger partial charge < -0.3 is 9.47 Å². The Labute approximate surface area is 223 Å². The summed E-state index contributed by atoms with van der Waals surface area (Å²) in [5, 5.41) is 20.1. The zero-order valence-corrected chi connectivity index (χ0v) is 20.7. The lowest BCUT2D eigenvalue weighted by molar-refractivity contribution is -0.385. The van der Waals surface area contributed by atoms with Gasteiger partial charge in [-0.05, 0) is 59.3 Å². The smallest absolute Gasteiger partial charge is 0.416 e. The van der Waals surface area contributed by atoms with Gasteiger partial charge in [-0.1, -0.05) is 24.3 Å². The van der Waals surface area contributed by atoms with Crippen molar-refractivity contribution < 1.29 is 37.2 Å². The first-order chi connectivity index (χ1) is 18.5. The molecule has 0 bridgehead atoms. The molecule has 1 aliphatic heterocycles. The van der Waals surface area contributed by atoms with Gasteiger partial charge in [-0.3, -0.25) is 24.6 Å². The van der Waals surface area contributed by atoms with E-state index in [1.165, 1.54) is 31.4 Å². The number of nitro groups is 1. The number of ether oxygens (including phenoxy) is 2. The van der Waals surface area contributed by atoms with Gasteiger partial charge in [-0.2, -0.15) is 18.4 Å². The van der Waals surface area contributed by atoms with Crippen molar-refractivity contribution in [3.63, 3.8) is 0 Å². The molecule has 198 valence electrons. The van der Waals surface area contributed by atoms with Crippen LogP contribution in [0.25, 0.3) is 6.08 Å². The first kappa shape index (κ1) is 27.2. The molecule has 1 fully saturated rings. The summed E-state index contributed by atoms with van der Waals surface area (Å²) >= 11 is 0.715. The van der Waals surface area contributed by atoms with Crippen LogP contribution in [0, 0.1) is 21.4 Å². The fraction of sp³-hybridized carbons (Fsp3) is 0.115. The lowest BCUT2D eigenvalue weighted by atomic mass is 10.1. The Hall–Kier alpha value is -4.83. The van der Waals surface area contributed by atoms with E-state index in [4.69, 9.17) is 9.47 Å². The monoisotopic (exact) mass is 555 g/mol. The van der Waals surface area contributed by atoms with E-state index in [2.05, 4.69) is 0 Å². The number of nitriles is 1. The average molecular weight is 555 g/mol. The Kier molecular flexibility index (Phi) is 7.59. The number of methoxy groups -OCH3 is 1. The molecule has 1 aliphatic rings. The van der Waals surface area contributed by atoms with Gasteiger partial charge in [0.2, 0.25) is 5.75 Å². The number of benzene rings is 3. The van der Waals surface area contributed by atoms with Gasteiger partial charge >= 0.3 is 11.9 Å². The molecule has 2 amide bonds. The highest BCUT2D eigenvalue weighted by Gasteiger charge is 2.36. The van der Waals surface area contributed by atoms with E-state index in [0.29, 0.717) is 40.6 Å². The summed E-state index contributed by atoms with van der Waals surface area (Å²) in [6, 6.07) is 14.8. The number of carbonyl (C=O) groups excluding carboxylic acids is 2. The SMILES string of the molecule is COc1cc(/C=C2/SC(=O)N(Cc3ccccc3C#N)C2=O)ccc1Oc1ccc(C(F)(F)F)cc1[N+](=O)[O-]. The number of nitrogens with zero attached hydrogens (tertiary/aromatic N) is 3. The van der Waals surface area contributed by atoms with Gasteiger partial charge in [-0.15, -0.1) is 0 Å². The van der Waals surface area contributed by atoms with Crippen LogP contribution in [-0.2, 0) is 17.5 Å². The molecular weight excluding hydrogens is 539 g/mol. The van der Waals surface area contributed by atoms with Crippen LogP contribution in [0.5, 0.6) is 17.2 Å². The van der Waals surface area contributed by atoms with Gasteiger partial charge in [-0.25, -0.2) is 0 Å². The van der Waals surface area contributed by atoms with Crippen LogP contribution in [-0.4, -0.2) is 28.1 Å². The number of hydrogen-bond donors (Lipinski definition) is 0. The number of alkyl halides is 3. The Balaban J connectivity index is 1.58. The van der Waals surface area contributed by atoms with E-state index >= 15 is 0 Å². The lowest BCUT2D eigenvalue weighted by Crippen LogP contribution is -2.27. The molecule has 0 N–H and O–H groups in total. The minimum atomic E-state index is -4.78. The molecule has 3 aromatic carbocycles. The maximum Gasteiger partial charge on any atom is 0.416 e. The summed E-state index contributed by atoms with van der Waals surface area (Å²) in [7, 11) is 1.29. The summed E-state index contributed by atoms with van der Waals surface area (Å²) in [6.07, 6.45) is -3.34. The number of carbonyl (C=O) groups is 2. The molecule has 13 heteroatoms. The normalized spacial score (nSPS) is 14.4. The Morgan fingerprint density at radius 2 is 1.79 bits per heavy atom. The molecule has 4 rings (SSSR count). The molecule has 39 heavy (non-hydrogen) atoms. The van der Waals surface area contributed by atoms with Crippen LogP contribution in [0.1, 0.15) is 22.3 Å². The average Bonchev–Trinajstić information content (AvgIpc) is 3.16. The van der Waals surface area contributed by atoms with E-state index in [0.717, 1.165) is 11.0 Å². The van der Waals surface area contributed by atoms with Gasteiger partial charge in [0.05, 0.1) is 40.7 Å². The van der Waals surface area contributed by atoms with Crippen molar-refractivity contribution in [2.75, 3.05) is 7.11 Å². The summed E-state index contributed by atoms with van der Waals surface area (Å²) in [4.78, 5) is 36.9. The number of rotatable bonds is 7. The molecule has 0 saturated carbocycles. The summed E-state index contributed by atoms with van der Waals surface area (Å²) < 4.78 is 49.7. The van der Waals surface area contributed by atoms with Crippen molar-refractivity contribution in [1.29, 1.82) is 5.26 Å². The molecule has 0 aromatic heterocycles. The second-order valence-electron chi connectivity index (χ2n) is 7.99. The predicted octanol–water partition coefficient (Wildman–Crippen LogP) is 6.52. The van der Waals surface area contributed by atoms with Crippen LogP contribution in [0.15, 0.2) is 65.6 Å². The Morgan fingerprint density at radius 3 is 2.46 bits per heavy atom. The Morgan fingerprint density at radius 1 is 1.08 bits per heavy atom. The minimum Gasteiger partial charge on any atom is -0.493 e. The molecule has 3 aromatic rings. The first-order valence-electron chi connectivity index (χ1n) is 11.0. The third-order valence-electron chi connectivity index (χ3n) is 5.53. The Bertz CT molecular complexity index is 1570. The van der Waals surface area contributed by atoms with E-state index in [-0.39, 0.29) is 22.9 Å². The molecule has 1 heterocycles. The third-order valence-corrected chi connectivity index (χ3v) is 6.44. The van der Waals surface area contributed by atoms with E-state index < -0.39 is 39.2 Å². The molecule has 0 atom stereocenters. The van der Waals surface area contributed by atoms with Crippen molar-refractivity contribution in [3.05, 3.63) is 97.9 Å². The molecule has 0 aliphatic carbocycles. The zero-order valence-electron chi connectivity index (χ0n) is 19.9. The van der Waals surface area contributed by atoms with E-state index in [9.17, 15) is 38.1 Å². The zero-order chi connectivity index (χ0) is 28.3. The van der Waals surface area contributed by atoms with Crippen molar-refractivity contribution in [2.45, 2.75) is 12.7 Å². The molecule has 0 radical (unpaired) electrons. The third kappa shape index (κ3) is 5.86. The number of amides is 2. The van der Waals surface area contributed by atoms with Crippen molar-refractivity contribution in [3.8, 4) is 23.3 Å². The minimum absolute atomic E-state index is 0.0290. The highest BCUT2D eigenvalue weighted by atomic mass is 32.2. The quantitative estimate of drug-likeness (QED) is 0.183. The van der Waals surface area contributed by atoms with E-state index in [1.807, 2.05) is 6.07 Å². The second-order valence-corrected chi connectivity index (χ2v) is 8.98. The van der Waals surface area contributed by atoms with Crippen LogP contribution < -0.4 is 9.47 Å². The number of hydrogen-bond acceptors (Lipinski definition) is 8. The maximum atomic E-state index is 13.0. The summed E-state index contributed by atoms with van der Waals surface area (Å²) in [5.41, 5.74) is -0.807. The number of imide groups is 1. The highest BCUT2D eigenvalue weighted by molar-refractivity contribution is 8.18. The van der Waals surface area contributed by atoms with Crippen molar-refractivity contribution >= 4 is 34.7 Å². The van der Waals surface area contributed by atoms with E-state index in [1.54, 1.807) is 24.3 Å². The van der Waals surface area contributed by atoms with Crippen LogP contribution in [0.3, 0.4) is 0 Å². The fourth-order valence-corrected chi connectivity index (χ4v) is 4.46. The molecule has 0 spiro atoms. The second kappa shape index (κ2) is 10.9. The van der Waals surface area contributed by atoms with Crippen molar-refractivity contribution in [2.24, 2.45) is 0 Å². The van der Waals surface area contributed by atoms with Crippen molar-refractivity contribution in [1.82, 2.24) is 4.90 Å².